The molecule has 0 heterocycles. The Morgan fingerprint density at radius 3 is 1.00 bits per heavy atom. The van der Waals surface area contributed by atoms with Crippen molar-refractivity contribution in [1.29, 1.82) is 0 Å². The van der Waals surface area contributed by atoms with Crippen LogP contribution in [0.4, 0.5) is 0 Å². The van der Waals surface area contributed by atoms with Crippen molar-refractivity contribution >= 4 is 16.5 Å². The van der Waals surface area contributed by atoms with E-state index in [0.29, 0.717) is 12.1 Å². The average Bonchev–Trinajstić information content (AvgIpc) is 1.93. The van der Waals surface area contributed by atoms with E-state index < -0.39 is 16.5 Å². The van der Waals surface area contributed by atoms with E-state index in [9.17, 15) is 0 Å². The zero-order valence-corrected chi connectivity index (χ0v) is 21.0. The Morgan fingerprint density at radius 2 is 0.941 bits per heavy atom. The molecule has 0 atom stereocenters. The number of nitrogens with zero attached hydrogens (tertiary/aromatic N) is 2. The molecule has 17 heavy (non-hydrogen) atoms. The molecule has 0 aromatic heterocycles. The third-order valence-corrected chi connectivity index (χ3v) is 9.59. The summed E-state index contributed by atoms with van der Waals surface area (Å²) in [5, 5.41) is 2.62. The maximum atomic E-state index is 2.80. The van der Waals surface area contributed by atoms with Crippen LogP contribution in [-0.2, 0) is 0 Å². The monoisotopic (exact) mass is 346 g/mol. The van der Waals surface area contributed by atoms with Crippen LogP contribution in [0.15, 0.2) is 0 Å². The van der Waals surface area contributed by atoms with Crippen LogP contribution in [0.2, 0.25) is 39.3 Å². The van der Waals surface area contributed by atoms with Gasteiger partial charge in [-0.25, -0.2) is 5.01 Å². The first-order valence-electron chi connectivity index (χ1n) is 6.47. The average molecular weight is 347 g/mol. The third kappa shape index (κ3) is 6.93. The summed E-state index contributed by atoms with van der Waals surface area (Å²) in [6.45, 7) is 24.0. The molecule has 0 saturated carbocycles. The van der Waals surface area contributed by atoms with E-state index in [1.807, 2.05) is 0 Å². The van der Waals surface area contributed by atoms with E-state index in [-0.39, 0.29) is 59.6 Å². The molecule has 0 rings (SSSR count). The molecule has 0 bridgehead atoms. The zero-order valence-electron chi connectivity index (χ0n) is 15.0. The molecule has 0 aromatic rings. The molecule has 0 amide bonds. The standard InChI is InChI=1S/C12H32N2Si2.Rb.H/c1-11(2)13(12(3)4)14(15(5,6)7)16(8,9)10;;/h11-12H,1-10H3;;/q;+1;-1. The molecule has 0 aliphatic rings. The molecule has 0 saturated heterocycles. The second-order valence-corrected chi connectivity index (χ2v) is 17.2. The van der Waals surface area contributed by atoms with Gasteiger partial charge in [0.2, 0.25) is 0 Å². The predicted molar refractivity (Wildman–Crippen MR) is 81.8 cm³/mol. The first-order chi connectivity index (χ1) is 6.89. The molecule has 0 spiro atoms. The predicted octanol–water partition coefficient (Wildman–Crippen LogP) is 1.11. The van der Waals surface area contributed by atoms with Gasteiger partial charge in [-0.05, 0) is 27.7 Å². The van der Waals surface area contributed by atoms with E-state index in [1.54, 1.807) is 0 Å². The minimum absolute atomic E-state index is 0. The SMILES string of the molecule is CC(C)N(C(C)C)N([Si](C)(C)C)[Si](C)(C)C.[H-].[Rb+]. The van der Waals surface area contributed by atoms with Crippen LogP contribution in [0.1, 0.15) is 29.1 Å². The van der Waals surface area contributed by atoms with Crippen molar-refractivity contribution < 1.29 is 59.6 Å². The van der Waals surface area contributed by atoms with Crippen molar-refractivity contribution in [2.45, 2.75) is 79.1 Å². The molecule has 0 aromatic carbocycles. The van der Waals surface area contributed by atoms with E-state index in [1.165, 1.54) is 0 Å². The Bertz CT molecular complexity index is 203. The third-order valence-electron chi connectivity index (χ3n) is 2.56. The number of hydrazine groups is 1. The summed E-state index contributed by atoms with van der Waals surface area (Å²) < 4.78 is 2.80. The van der Waals surface area contributed by atoms with Gasteiger partial charge < -0.3 is 1.43 Å². The van der Waals surface area contributed by atoms with E-state index in [2.05, 4.69) is 76.3 Å². The molecular formula is C12H33N2RbSi2. The topological polar surface area (TPSA) is 6.48 Å². The Morgan fingerprint density at radius 1 is 0.706 bits per heavy atom. The quantitative estimate of drug-likeness (QED) is 0.543. The summed E-state index contributed by atoms with van der Waals surface area (Å²) in [5.74, 6) is 0. The van der Waals surface area contributed by atoms with Crippen molar-refractivity contribution in [3.8, 4) is 0 Å². The van der Waals surface area contributed by atoms with Crippen molar-refractivity contribution in [2.24, 2.45) is 0 Å². The zero-order chi connectivity index (χ0) is 13.3. The number of hydrogen-bond acceptors (Lipinski definition) is 2. The molecule has 100 valence electrons. The molecule has 0 radical (unpaired) electrons. The maximum Gasteiger partial charge on any atom is 1.00 e. The fraction of sp³-hybridized carbons (Fsp3) is 1.00. The van der Waals surface area contributed by atoms with Crippen LogP contribution in [0.5, 0.6) is 0 Å². The van der Waals surface area contributed by atoms with E-state index in [0.717, 1.165) is 0 Å². The number of hydrogen-bond donors (Lipinski definition) is 0. The fourth-order valence-electron chi connectivity index (χ4n) is 2.76. The van der Waals surface area contributed by atoms with Crippen molar-refractivity contribution in [3.63, 3.8) is 0 Å². The minimum Gasteiger partial charge on any atom is -1.00 e. The largest absolute Gasteiger partial charge is 1.00 e. The van der Waals surface area contributed by atoms with Crippen LogP contribution in [0, 0.1) is 0 Å². The Kier molecular flexibility index (Phi) is 9.86. The van der Waals surface area contributed by atoms with Gasteiger partial charge in [0.15, 0.2) is 0 Å². The minimum atomic E-state index is -1.29. The van der Waals surface area contributed by atoms with Gasteiger partial charge in [0.25, 0.3) is 0 Å². The van der Waals surface area contributed by atoms with Crippen molar-refractivity contribution in [3.05, 3.63) is 0 Å². The molecule has 0 fully saturated rings. The Hall–Kier alpha value is 2.16. The van der Waals surface area contributed by atoms with Gasteiger partial charge in [-0.2, -0.15) is 0 Å². The molecule has 0 aliphatic carbocycles. The first-order valence-corrected chi connectivity index (χ1v) is 13.4. The fourth-order valence-corrected chi connectivity index (χ4v) is 13.1. The van der Waals surface area contributed by atoms with Gasteiger partial charge in [-0.1, -0.05) is 39.3 Å². The molecular weight excluding hydrogens is 314 g/mol. The summed E-state index contributed by atoms with van der Waals surface area (Å²) in [6, 6.07) is 1.19. The molecule has 0 aliphatic heterocycles. The molecule has 0 unspecified atom stereocenters. The Balaban J connectivity index is -0.00000112. The van der Waals surface area contributed by atoms with Gasteiger partial charge in [-0.15, -0.1) is 0 Å². The van der Waals surface area contributed by atoms with Crippen LogP contribution < -0.4 is 58.2 Å². The van der Waals surface area contributed by atoms with E-state index >= 15 is 0 Å². The van der Waals surface area contributed by atoms with Gasteiger partial charge in [0.05, 0.1) is 0 Å². The van der Waals surface area contributed by atoms with Crippen LogP contribution in [0.3, 0.4) is 0 Å². The van der Waals surface area contributed by atoms with Gasteiger partial charge >= 0.3 is 58.2 Å². The summed E-state index contributed by atoms with van der Waals surface area (Å²) in [7, 11) is -2.58. The summed E-state index contributed by atoms with van der Waals surface area (Å²) in [6.07, 6.45) is 0. The number of rotatable bonds is 5. The summed E-state index contributed by atoms with van der Waals surface area (Å²) in [5.41, 5.74) is 0. The Labute approximate surface area is 162 Å². The molecule has 2 nitrogen and oxygen atoms in total. The van der Waals surface area contributed by atoms with Crippen molar-refractivity contribution in [1.82, 2.24) is 9.35 Å². The van der Waals surface area contributed by atoms with Crippen LogP contribution in [-0.4, -0.2) is 37.9 Å². The summed E-state index contributed by atoms with van der Waals surface area (Å²) in [4.78, 5) is 0. The molecule has 5 heteroatoms. The molecule has 0 N–H and O–H groups in total. The van der Waals surface area contributed by atoms with Crippen LogP contribution in [0.25, 0.3) is 0 Å². The second-order valence-electron chi connectivity index (χ2n) is 7.22. The van der Waals surface area contributed by atoms with Crippen LogP contribution >= 0.6 is 0 Å². The van der Waals surface area contributed by atoms with Gasteiger partial charge in [0.1, 0.15) is 16.5 Å². The second kappa shape index (κ2) is 7.81. The normalized spacial score (nSPS) is 13.8. The van der Waals surface area contributed by atoms with Gasteiger partial charge in [0, 0.05) is 12.1 Å². The smallest absolute Gasteiger partial charge is 1.00 e. The van der Waals surface area contributed by atoms with Crippen molar-refractivity contribution in [2.75, 3.05) is 0 Å². The van der Waals surface area contributed by atoms with Gasteiger partial charge in [-0.3, -0.25) is 4.34 Å². The first kappa shape index (κ1) is 21.5. The van der Waals surface area contributed by atoms with E-state index in [4.69, 9.17) is 0 Å². The maximum absolute atomic E-state index is 2.80. The summed E-state index contributed by atoms with van der Waals surface area (Å²) >= 11 is 0.